The van der Waals surface area contributed by atoms with E-state index >= 15 is 0 Å². The van der Waals surface area contributed by atoms with E-state index in [1.165, 1.54) is 6.42 Å². The van der Waals surface area contributed by atoms with Crippen molar-refractivity contribution in [2.24, 2.45) is 0 Å². The lowest BCUT2D eigenvalue weighted by atomic mass is 9.71. The third kappa shape index (κ3) is 3.26. The molecule has 2 unspecified atom stereocenters. The molecule has 0 aromatic heterocycles. The van der Waals surface area contributed by atoms with E-state index in [1.807, 2.05) is 36.4 Å². The Morgan fingerprint density at radius 2 is 1.54 bits per heavy atom. The molecule has 28 heavy (non-hydrogen) atoms. The minimum atomic E-state index is -0.745. The summed E-state index contributed by atoms with van der Waals surface area (Å²) in [4.78, 5) is 16.3. The summed E-state index contributed by atoms with van der Waals surface area (Å²) in [5, 5.41) is 0. The van der Waals surface area contributed by atoms with Gasteiger partial charge < -0.3 is 4.74 Å². The van der Waals surface area contributed by atoms with Crippen molar-refractivity contribution < 1.29 is 9.53 Å². The number of nitrogens with zero attached hydrogens (tertiary/aromatic N) is 1. The van der Waals surface area contributed by atoms with Crippen LogP contribution in [0.25, 0.3) is 0 Å². The molecule has 3 atom stereocenters. The molecule has 2 bridgehead atoms. The predicted octanol–water partition coefficient (Wildman–Crippen LogP) is 4.94. The van der Waals surface area contributed by atoms with Crippen LogP contribution in [0.4, 0.5) is 0 Å². The molecule has 148 valence electrons. The Hall–Kier alpha value is -2.13. The molecule has 2 fully saturated rings. The van der Waals surface area contributed by atoms with Crippen LogP contribution < -0.4 is 0 Å². The lowest BCUT2D eigenvalue weighted by molar-refractivity contribution is -0.160. The van der Waals surface area contributed by atoms with Crippen molar-refractivity contribution in [1.82, 2.24) is 4.90 Å². The normalized spacial score (nSPS) is 24.9. The van der Waals surface area contributed by atoms with Crippen LogP contribution in [-0.4, -0.2) is 36.1 Å². The summed E-state index contributed by atoms with van der Waals surface area (Å²) in [5.41, 5.74) is 1.31. The summed E-state index contributed by atoms with van der Waals surface area (Å²) in [6.07, 6.45) is 6.13. The molecule has 2 aliphatic rings. The van der Waals surface area contributed by atoms with E-state index in [9.17, 15) is 4.79 Å². The van der Waals surface area contributed by atoms with Crippen molar-refractivity contribution in [3.63, 3.8) is 0 Å². The molecule has 0 N–H and O–H groups in total. The Bertz CT molecular complexity index is 749. The molecule has 0 radical (unpaired) electrons. The highest BCUT2D eigenvalue weighted by molar-refractivity contribution is 5.88. The first kappa shape index (κ1) is 19.2. The Balaban J connectivity index is 1.71. The van der Waals surface area contributed by atoms with Gasteiger partial charge in [0.1, 0.15) is 11.5 Å². The first-order valence-corrected chi connectivity index (χ1v) is 10.7. The van der Waals surface area contributed by atoms with E-state index in [2.05, 4.69) is 43.1 Å². The van der Waals surface area contributed by atoms with Crippen LogP contribution in [0.3, 0.4) is 0 Å². The maximum Gasteiger partial charge on any atom is 0.321 e. The van der Waals surface area contributed by atoms with E-state index < -0.39 is 5.41 Å². The molecule has 2 aromatic carbocycles. The molecule has 2 aliphatic heterocycles. The third-order valence-corrected chi connectivity index (χ3v) is 6.87. The Morgan fingerprint density at radius 3 is 2.11 bits per heavy atom. The van der Waals surface area contributed by atoms with Crippen LogP contribution in [-0.2, 0) is 14.9 Å². The number of fused-ring (bicyclic) bond motifs is 2. The average molecular weight is 378 g/mol. The van der Waals surface area contributed by atoms with Gasteiger partial charge in [0.25, 0.3) is 0 Å². The average Bonchev–Trinajstić information content (AvgIpc) is 2.97. The largest absolute Gasteiger partial charge is 0.460 e. The SMILES string of the molecule is CCCC(C(=O)O[C@@H]1CCC2CCC1N2C)(c1ccccc1)c1ccccc1. The fourth-order valence-electron chi connectivity index (χ4n) is 5.38. The van der Waals surface area contributed by atoms with E-state index in [0.717, 1.165) is 43.2 Å². The smallest absolute Gasteiger partial charge is 0.321 e. The summed E-state index contributed by atoms with van der Waals surface area (Å²) in [6, 6.07) is 21.4. The van der Waals surface area contributed by atoms with Crippen molar-refractivity contribution in [3.05, 3.63) is 71.8 Å². The number of carbonyl (C=O) groups is 1. The number of ether oxygens (including phenoxy) is 1. The van der Waals surface area contributed by atoms with E-state index in [1.54, 1.807) is 0 Å². The van der Waals surface area contributed by atoms with Gasteiger partial charge in [0.15, 0.2) is 0 Å². The molecule has 0 saturated carbocycles. The monoisotopic (exact) mass is 377 g/mol. The number of carbonyl (C=O) groups excluding carboxylic acids is 1. The van der Waals surface area contributed by atoms with Crippen LogP contribution in [0, 0.1) is 0 Å². The van der Waals surface area contributed by atoms with Gasteiger partial charge in [-0.2, -0.15) is 0 Å². The maximum atomic E-state index is 13.9. The summed E-state index contributed by atoms with van der Waals surface area (Å²) in [7, 11) is 2.19. The lowest BCUT2D eigenvalue weighted by Gasteiger charge is -2.40. The van der Waals surface area contributed by atoms with Gasteiger partial charge >= 0.3 is 5.97 Å². The molecule has 0 amide bonds. The highest BCUT2D eigenvalue weighted by atomic mass is 16.5. The standard InChI is InChI=1S/C25H31NO2/c1-3-18-25(19-10-6-4-7-11-19,20-12-8-5-9-13-20)24(27)28-23-17-15-21-14-16-22(23)26(21)2/h4-13,21-23H,3,14-18H2,1-2H3/t21?,22?,23-/m1/s1. The van der Waals surface area contributed by atoms with Gasteiger partial charge in [0.2, 0.25) is 0 Å². The Labute approximate surface area is 168 Å². The highest BCUT2D eigenvalue weighted by Gasteiger charge is 2.47. The van der Waals surface area contributed by atoms with Gasteiger partial charge in [-0.05, 0) is 50.3 Å². The molecular formula is C25H31NO2. The van der Waals surface area contributed by atoms with Crippen molar-refractivity contribution >= 4 is 5.97 Å². The van der Waals surface area contributed by atoms with E-state index in [-0.39, 0.29) is 12.1 Å². The summed E-state index contributed by atoms with van der Waals surface area (Å²) >= 11 is 0. The molecule has 0 aliphatic carbocycles. The summed E-state index contributed by atoms with van der Waals surface area (Å²) in [5.74, 6) is -0.0875. The van der Waals surface area contributed by atoms with Crippen molar-refractivity contribution in [2.75, 3.05) is 7.05 Å². The quantitative estimate of drug-likeness (QED) is 0.668. The van der Waals surface area contributed by atoms with Crippen LogP contribution in [0.5, 0.6) is 0 Å². The maximum absolute atomic E-state index is 13.9. The van der Waals surface area contributed by atoms with Crippen LogP contribution in [0.15, 0.2) is 60.7 Å². The lowest BCUT2D eigenvalue weighted by Crippen LogP contribution is -2.49. The Morgan fingerprint density at radius 1 is 0.964 bits per heavy atom. The molecule has 3 heteroatoms. The second-order valence-corrected chi connectivity index (χ2v) is 8.37. The van der Waals surface area contributed by atoms with E-state index in [4.69, 9.17) is 4.74 Å². The zero-order chi connectivity index (χ0) is 19.6. The second kappa shape index (κ2) is 8.08. The van der Waals surface area contributed by atoms with Gasteiger partial charge in [-0.25, -0.2) is 0 Å². The first-order chi connectivity index (χ1) is 13.7. The summed E-state index contributed by atoms with van der Waals surface area (Å²) < 4.78 is 6.34. The molecule has 2 saturated heterocycles. The number of hydrogen-bond donors (Lipinski definition) is 0. The fourth-order valence-corrected chi connectivity index (χ4v) is 5.38. The highest BCUT2D eigenvalue weighted by Crippen LogP contribution is 2.41. The van der Waals surface area contributed by atoms with Gasteiger partial charge in [0, 0.05) is 12.1 Å². The van der Waals surface area contributed by atoms with Gasteiger partial charge in [-0.3, -0.25) is 9.69 Å². The zero-order valence-electron chi connectivity index (χ0n) is 17.0. The number of hydrogen-bond acceptors (Lipinski definition) is 3. The van der Waals surface area contributed by atoms with E-state index in [0.29, 0.717) is 12.1 Å². The number of piperidine rings is 1. The Kier molecular flexibility index (Phi) is 5.54. The molecule has 3 nitrogen and oxygen atoms in total. The number of benzene rings is 2. The van der Waals surface area contributed by atoms with Gasteiger partial charge in [-0.15, -0.1) is 0 Å². The third-order valence-electron chi connectivity index (χ3n) is 6.87. The van der Waals surface area contributed by atoms with Gasteiger partial charge in [-0.1, -0.05) is 74.0 Å². The van der Waals surface area contributed by atoms with Crippen LogP contribution >= 0.6 is 0 Å². The number of esters is 1. The first-order valence-electron chi connectivity index (χ1n) is 10.7. The molecule has 4 rings (SSSR count). The number of rotatable bonds is 6. The van der Waals surface area contributed by atoms with Crippen molar-refractivity contribution in [3.8, 4) is 0 Å². The molecular weight excluding hydrogens is 346 g/mol. The predicted molar refractivity (Wildman–Crippen MR) is 112 cm³/mol. The summed E-state index contributed by atoms with van der Waals surface area (Å²) in [6.45, 7) is 2.14. The van der Waals surface area contributed by atoms with Crippen molar-refractivity contribution in [1.29, 1.82) is 0 Å². The molecule has 0 spiro atoms. The van der Waals surface area contributed by atoms with Crippen molar-refractivity contribution in [2.45, 2.75) is 69.1 Å². The topological polar surface area (TPSA) is 29.5 Å². The minimum Gasteiger partial charge on any atom is -0.460 e. The van der Waals surface area contributed by atoms with Gasteiger partial charge in [0.05, 0.1) is 0 Å². The zero-order valence-corrected chi connectivity index (χ0v) is 17.0. The fraction of sp³-hybridized carbons (Fsp3) is 0.480. The minimum absolute atomic E-state index is 0.0000874. The van der Waals surface area contributed by atoms with Crippen LogP contribution in [0.2, 0.25) is 0 Å². The second-order valence-electron chi connectivity index (χ2n) is 8.37. The molecule has 2 aromatic rings. The molecule has 2 heterocycles. The number of likely N-dealkylation sites (N-methyl/N-ethyl adjacent to an activating group) is 1. The van der Waals surface area contributed by atoms with Crippen LogP contribution in [0.1, 0.15) is 56.6 Å².